The molecule has 0 radical (unpaired) electrons. The van der Waals surface area contributed by atoms with Gasteiger partial charge in [0, 0.05) is 73.9 Å². The molecule has 0 amide bonds. The number of hydrogen-bond acceptors (Lipinski definition) is 8. The normalized spacial score (nSPS) is 14.4. The SMILES string of the molecule is Fc1ccccc1N1c2ccccc2B2c3cc4c(cc3N(c3ccccc3F)c3cccc1c32)N(c1ccccc1F)c1cc2c3c5c1B4c1cccc4c1N5c1c(cccc1B3c1cc3c(cc1N2c1ccccc1F)N(c1ccccc1F)c1cccc2c1B3c1ccccc1N2c1ccccc1F)O4. The minimum Gasteiger partial charge on any atom is -0.453 e. The summed E-state index contributed by atoms with van der Waals surface area (Å²) >= 11 is 0. The van der Waals surface area contributed by atoms with Crippen molar-refractivity contribution in [3.63, 3.8) is 0 Å². The van der Waals surface area contributed by atoms with E-state index in [9.17, 15) is 0 Å². The summed E-state index contributed by atoms with van der Waals surface area (Å²) in [5.74, 6) is -1.55. The van der Waals surface area contributed by atoms with Gasteiger partial charge in [-0.3, -0.25) is 0 Å². The van der Waals surface area contributed by atoms with E-state index < -0.39 is 61.8 Å². The van der Waals surface area contributed by atoms with Crippen molar-refractivity contribution in [2.75, 3.05) is 34.3 Å². The average Bonchev–Trinajstić information content (AvgIpc) is 0.656. The van der Waals surface area contributed by atoms with E-state index in [4.69, 9.17) is 4.74 Å². The maximum Gasteiger partial charge on any atom is 0.252 e. The number of para-hydroxylation sites is 10. The van der Waals surface area contributed by atoms with Crippen LogP contribution in [0.5, 0.6) is 11.5 Å². The van der Waals surface area contributed by atoms with E-state index in [1.165, 1.54) is 36.4 Å². The number of fused-ring (bicyclic) bond motifs is 14. The van der Waals surface area contributed by atoms with Crippen LogP contribution in [0.2, 0.25) is 0 Å². The van der Waals surface area contributed by atoms with Crippen LogP contribution < -0.4 is 105 Å². The van der Waals surface area contributed by atoms with Crippen molar-refractivity contribution in [3.8, 4) is 11.5 Å². The molecule has 0 saturated carbocycles. The van der Waals surface area contributed by atoms with Gasteiger partial charge in [0.15, 0.2) is 11.5 Å². The van der Waals surface area contributed by atoms with Crippen molar-refractivity contribution >= 4 is 212 Å². The minimum atomic E-state index is -0.620. The predicted molar refractivity (Wildman–Crippen MR) is 428 cm³/mol. The summed E-state index contributed by atoms with van der Waals surface area (Å²) in [7, 11) is 0. The zero-order chi connectivity index (χ0) is 71.4. The third kappa shape index (κ3) is 7.64. The second-order valence-electron chi connectivity index (χ2n) is 28.8. The molecule has 0 bridgehead atoms. The topological polar surface area (TPSA) is 31.9 Å². The molecule has 0 saturated heterocycles. The number of anilines is 21. The monoisotopic (exact) mass is 1400 g/mol. The van der Waals surface area contributed by atoms with Crippen LogP contribution in [0.3, 0.4) is 0 Å². The molecule has 8 nitrogen and oxygen atoms in total. The summed E-state index contributed by atoms with van der Waals surface area (Å²) in [4.78, 5) is 14.3. The van der Waals surface area contributed by atoms with Crippen LogP contribution in [-0.4, -0.2) is 26.9 Å². The average molecular weight is 1400 g/mol. The van der Waals surface area contributed by atoms with E-state index in [-0.39, 0.29) is 22.7 Å². The van der Waals surface area contributed by atoms with Gasteiger partial charge in [-0.2, -0.15) is 0 Å². The van der Waals surface area contributed by atoms with Crippen LogP contribution in [0.4, 0.5) is 146 Å². The van der Waals surface area contributed by atoms with E-state index in [0.29, 0.717) is 68.4 Å². The molecular formula is C90H49B4F6N7O. The molecule has 0 N–H and O–H groups in total. The highest BCUT2D eigenvalue weighted by molar-refractivity contribution is 7.07. The van der Waals surface area contributed by atoms with Gasteiger partial charge in [-0.15, -0.1) is 0 Å². The Balaban J connectivity index is 0.824. The first kappa shape index (κ1) is 59.9. The molecule has 0 unspecified atom stereocenters. The first-order valence-electron chi connectivity index (χ1n) is 36.2. The second kappa shape index (κ2) is 21.6. The highest BCUT2D eigenvalue weighted by Gasteiger charge is 2.57. The number of hydrogen-bond donors (Lipinski definition) is 0. The summed E-state index contributed by atoms with van der Waals surface area (Å²) < 4.78 is 112. The fourth-order valence-electron chi connectivity index (χ4n) is 19.8. The molecular weight excluding hydrogens is 1350 g/mol. The molecule has 24 rings (SSSR count). The first-order valence-corrected chi connectivity index (χ1v) is 36.2. The standard InChI is InChI=1S/C90H49B4F6N7O/c95-58-25-3-11-33-66(58)101-64-31-9-1-21-50(64)91-54-45-56-78(47-76(54)103(68-35-13-5-27-60(68)97)74-41-19-39-72(101)84(74)91)105(70-37-15-7-29-62(70)99)80-49-81-87-90-86(80)93(56)52-23-17-43-82-88(52)107(90)89-53(24-18-44-83(89)108-82)94(87)57-46-55-77(48-79(57)106(81)71-38-16-8-30-63(71)100)104(69-36-14-6-28-61(69)98)75-42-20-40-73-85(75)92(55)51-22-2-10-32-65(51)102(73)67-34-12-4-26-59(67)96/h1-49H. The molecule has 108 heavy (non-hydrogen) atoms. The van der Waals surface area contributed by atoms with Gasteiger partial charge < -0.3 is 39.0 Å². The zero-order valence-corrected chi connectivity index (χ0v) is 56.9. The summed E-state index contributed by atoms with van der Waals surface area (Å²) in [5, 5.41) is 0. The number of halogens is 6. The fourth-order valence-corrected chi connectivity index (χ4v) is 19.8. The van der Waals surface area contributed by atoms with Crippen molar-refractivity contribution in [2.24, 2.45) is 0 Å². The third-order valence-corrected chi connectivity index (χ3v) is 23.7. The Morgan fingerprint density at radius 3 is 0.741 bits per heavy atom. The van der Waals surface area contributed by atoms with Crippen LogP contribution in [0.25, 0.3) is 0 Å². The van der Waals surface area contributed by atoms with Gasteiger partial charge in [0.2, 0.25) is 0 Å². The highest BCUT2D eigenvalue weighted by atomic mass is 19.1. The first-order chi connectivity index (χ1) is 53.2. The van der Waals surface area contributed by atoms with Crippen molar-refractivity contribution in [1.29, 1.82) is 0 Å². The van der Waals surface area contributed by atoms with E-state index >= 15 is 26.3 Å². The van der Waals surface area contributed by atoms with Gasteiger partial charge in [0.25, 0.3) is 26.9 Å². The Kier molecular flexibility index (Phi) is 12.0. The second-order valence-corrected chi connectivity index (χ2v) is 28.8. The summed E-state index contributed by atoms with van der Waals surface area (Å²) in [6, 6.07) is 91.9. The molecule has 15 aromatic carbocycles. The van der Waals surface area contributed by atoms with E-state index in [1.807, 2.05) is 163 Å². The minimum absolute atomic E-state index is 0.234. The van der Waals surface area contributed by atoms with Crippen molar-refractivity contribution in [1.82, 2.24) is 0 Å². The van der Waals surface area contributed by atoms with Crippen molar-refractivity contribution < 1.29 is 31.1 Å². The fraction of sp³-hybridized carbons (Fsp3) is 0. The van der Waals surface area contributed by atoms with Crippen LogP contribution in [0.15, 0.2) is 297 Å². The lowest BCUT2D eigenvalue weighted by molar-refractivity contribution is 0.478. The third-order valence-electron chi connectivity index (χ3n) is 23.7. The molecule has 0 aliphatic carbocycles. The van der Waals surface area contributed by atoms with Gasteiger partial charge in [-0.1, -0.05) is 158 Å². The Morgan fingerprint density at radius 1 is 0.176 bits per heavy atom. The molecule has 15 aromatic rings. The number of ether oxygens (including phenoxy) is 1. The molecule has 504 valence electrons. The lowest BCUT2D eigenvalue weighted by Gasteiger charge is -2.53. The Hall–Kier alpha value is -13.5. The maximum absolute atomic E-state index is 18.2. The molecule has 0 aromatic heterocycles. The Morgan fingerprint density at radius 2 is 0.417 bits per heavy atom. The van der Waals surface area contributed by atoms with Crippen molar-refractivity contribution in [3.05, 3.63) is 332 Å². The summed E-state index contributed by atoms with van der Waals surface area (Å²) in [5.41, 5.74) is 22.7. The Labute approximate surface area is 617 Å². The van der Waals surface area contributed by atoms with Gasteiger partial charge in [-0.25, -0.2) is 26.3 Å². The van der Waals surface area contributed by atoms with Crippen LogP contribution in [0.1, 0.15) is 0 Å². The van der Waals surface area contributed by atoms with Crippen LogP contribution in [-0.2, 0) is 0 Å². The maximum atomic E-state index is 18.2. The highest BCUT2D eigenvalue weighted by Crippen LogP contribution is 2.58. The van der Waals surface area contributed by atoms with Crippen LogP contribution in [0, 0.1) is 34.9 Å². The van der Waals surface area contributed by atoms with E-state index in [1.54, 1.807) is 72.8 Å². The molecule has 0 atom stereocenters. The molecule has 9 aliphatic rings. The summed E-state index contributed by atoms with van der Waals surface area (Å²) in [6.45, 7) is -2.26. The van der Waals surface area contributed by atoms with Gasteiger partial charge in [-0.05, 0) is 205 Å². The number of benzene rings is 15. The van der Waals surface area contributed by atoms with Crippen LogP contribution >= 0.6 is 0 Å². The van der Waals surface area contributed by atoms with Gasteiger partial charge in [0.1, 0.15) is 34.9 Å². The largest absolute Gasteiger partial charge is 0.453 e. The quantitative estimate of drug-likeness (QED) is 0.120. The Bertz CT molecular complexity index is 6230. The van der Waals surface area contributed by atoms with Gasteiger partial charge >= 0.3 is 0 Å². The molecule has 0 spiro atoms. The smallest absolute Gasteiger partial charge is 0.252 e. The number of rotatable bonds is 6. The molecule has 9 heterocycles. The lowest BCUT2D eigenvalue weighted by Crippen LogP contribution is -2.70. The summed E-state index contributed by atoms with van der Waals surface area (Å²) in [6.07, 6.45) is 0. The zero-order valence-electron chi connectivity index (χ0n) is 56.9. The van der Waals surface area contributed by atoms with Crippen molar-refractivity contribution in [2.45, 2.75) is 0 Å². The van der Waals surface area contributed by atoms with E-state index in [0.717, 1.165) is 105 Å². The molecule has 9 aliphatic heterocycles. The number of nitrogens with zero attached hydrogens (tertiary/aromatic N) is 7. The lowest BCUT2D eigenvalue weighted by atomic mass is 9.27. The van der Waals surface area contributed by atoms with E-state index in [2.05, 4.69) is 59.5 Å². The predicted octanol–water partition coefficient (Wildman–Crippen LogP) is 15.5. The molecule has 18 heteroatoms. The van der Waals surface area contributed by atoms with Gasteiger partial charge in [0.05, 0.1) is 45.5 Å². The molecule has 0 fully saturated rings.